The first-order valence-electron chi connectivity index (χ1n) is 8.89. The zero-order valence-electron chi connectivity index (χ0n) is 15.2. The van der Waals surface area contributed by atoms with E-state index < -0.39 is 0 Å². The van der Waals surface area contributed by atoms with Gasteiger partial charge in [-0.1, -0.05) is 52.7 Å². The smallest absolute Gasteiger partial charge is 0.224 e. The lowest BCUT2D eigenvalue weighted by atomic mass is 10.0. The van der Waals surface area contributed by atoms with Crippen LogP contribution in [-0.4, -0.2) is 15.5 Å². The highest BCUT2D eigenvalue weighted by atomic mass is 16.1. The standard InChI is InChI=1S/C20H29N3O/c1-5-7-16(4)12-19(24)22-18-9-6-8-17(13-18)14-23-11-10-21-20(23)15(2)3/h6,8-11,13,15-16H,5,7,12,14H2,1-4H3,(H,22,24). The van der Waals surface area contributed by atoms with Crippen LogP contribution >= 0.6 is 0 Å². The highest BCUT2D eigenvalue weighted by Gasteiger charge is 2.10. The van der Waals surface area contributed by atoms with Gasteiger partial charge >= 0.3 is 0 Å². The van der Waals surface area contributed by atoms with Gasteiger partial charge in [0, 0.05) is 37.0 Å². The maximum absolute atomic E-state index is 12.1. The van der Waals surface area contributed by atoms with Crippen molar-refractivity contribution in [1.29, 1.82) is 0 Å². The number of anilines is 1. The Hall–Kier alpha value is -2.10. The van der Waals surface area contributed by atoms with Crippen LogP contribution in [0.1, 0.15) is 64.3 Å². The Bertz CT molecular complexity index is 660. The molecular weight excluding hydrogens is 298 g/mol. The first-order valence-corrected chi connectivity index (χ1v) is 8.89. The number of aromatic nitrogens is 2. The first-order chi connectivity index (χ1) is 11.5. The van der Waals surface area contributed by atoms with Crippen LogP contribution in [-0.2, 0) is 11.3 Å². The molecule has 0 spiro atoms. The quantitative estimate of drug-likeness (QED) is 0.755. The molecule has 0 fully saturated rings. The molecule has 1 heterocycles. The van der Waals surface area contributed by atoms with E-state index in [2.05, 4.69) is 48.6 Å². The molecular formula is C20H29N3O. The summed E-state index contributed by atoms with van der Waals surface area (Å²) >= 11 is 0. The Morgan fingerprint density at radius 2 is 2.08 bits per heavy atom. The zero-order valence-corrected chi connectivity index (χ0v) is 15.2. The van der Waals surface area contributed by atoms with E-state index in [0.29, 0.717) is 18.3 Å². The van der Waals surface area contributed by atoms with Crippen molar-refractivity contribution in [2.45, 2.75) is 59.4 Å². The molecule has 0 bridgehead atoms. The normalized spacial score (nSPS) is 12.4. The summed E-state index contributed by atoms with van der Waals surface area (Å²) in [4.78, 5) is 16.6. The number of hydrogen-bond donors (Lipinski definition) is 1. The second kappa shape index (κ2) is 8.67. The molecule has 4 nitrogen and oxygen atoms in total. The summed E-state index contributed by atoms with van der Waals surface area (Å²) in [5.41, 5.74) is 2.03. The highest BCUT2D eigenvalue weighted by Crippen LogP contribution is 2.17. The molecule has 130 valence electrons. The molecule has 1 N–H and O–H groups in total. The molecule has 2 aromatic rings. The van der Waals surface area contributed by atoms with E-state index in [1.807, 2.05) is 30.6 Å². The molecule has 1 unspecified atom stereocenters. The number of nitrogens with zero attached hydrogens (tertiary/aromatic N) is 2. The van der Waals surface area contributed by atoms with Crippen molar-refractivity contribution in [3.63, 3.8) is 0 Å². The Morgan fingerprint density at radius 3 is 2.79 bits per heavy atom. The lowest BCUT2D eigenvalue weighted by Crippen LogP contribution is -2.15. The number of nitrogens with one attached hydrogen (secondary N) is 1. The molecule has 0 saturated heterocycles. The summed E-state index contributed by atoms with van der Waals surface area (Å²) in [5, 5.41) is 3.02. The van der Waals surface area contributed by atoms with E-state index in [1.54, 1.807) is 0 Å². The van der Waals surface area contributed by atoms with E-state index in [-0.39, 0.29) is 5.91 Å². The van der Waals surface area contributed by atoms with Gasteiger partial charge in [0.2, 0.25) is 5.91 Å². The molecule has 4 heteroatoms. The van der Waals surface area contributed by atoms with Crippen LogP contribution in [0.4, 0.5) is 5.69 Å². The third-order valence-corrected chi connectivity index (χ3v) is 4.14. The van der Waals surface area contributed by atoms with Crippen molar-refractivity contribution in [1.82, 2.24) is 9.55 Å². The van der Waals surface area contributed by atoms with Gasteiger partial charge in [-0.25, -0.2) is 4.98 Å². The highest BCUT2D eigenvalue weighted by molar-refractivity contribution is 5.90. The first kappa shape index (κ1) is 18.2. The molecule has 1 amide bonds. The van der Waals surface area contributed by atoms with Crippen LogP contribution in [0.2, 0.25) is 0 Å². The monoisotopic (exact) mass is 327 g/mol. The second-order valence-corrected chi connectivity index (χ2v) is 6.91. The summed E-state index contributed by atoms with van der Waals surface area (Å²) < 4.78 is 2.16. The summed E-state index contributed by atoms with van der Waals surface area (Å²) in [6.07, 6.45) is 6.64. The molecule has 24 heavy (non-hydrogen) atoms. The lowest BCUT2D eigenvalue weighted by molar-refractivity contribution is -0.117. The molecule has 0 aliphatic carbocycles. The number of hydrogen-bond acceptors (Lipinski definition) is 2. The third-order valence-electron chi connectivity index (χ3n) is 4.14. The third kappa shape index (κ3) is 5.22. The zero-order chi connectivity index (χ0) is 17.5. The molecule has 1 aromatic carbocycles. The molecule has 0 aliphatic heterocycles. The predicted octanol–water partition coefficient (Wildman–Crippen LogP) is 4.82. The number of carbonyl (C=O) groups excluding carboxylic acids is 1. The average Bonchev–Trinajstić information content (AvgIpc) is 2.96. The molecule has 0 saturated carbocycles. The van der Waals surface area contributed by atoms with Crippen LogP contribution in [0.15, 0.2) is 36.7 Å². The second-order valence-electron chi connectivity index (χ2n) is 6.91. The Kier molecular flexibility index (Phi) is 6.59. The lowest BCUT2D eigenvalue weighted by Gasteiger charge is -2.13. The summed E-state index contributed by atoms with van der Waals surface area (Å²) in [7, 11) is 0. The predicted molar refractivity (Wildman–Crippen MR) is 99.2 cm³/mol. The van der Waals surface area contributed by atoms with Gasteiger partial charge in [0.15, 0.2) is 0 Å². The number of amides is 1. The van der Waals surface area contributed by atoms with Crippen molar-refractivity contribution >= 4 is 11.6 Å². The molecule has 1 aromatic heterocycles. The van der Waals surface area contributed by atoms with Gasteiger partial charge < -0.3 is 9.88 Å². The van der Waals surface area contributed by atoms with Crippen molar-refractivity contribution in [3.05, 3.63) is 48.0 Å². The van der Waals surface area contributed by atoms with Crippen LogP contribution in [0.3, 0.4) is 0 Å². The Balaban J connectivity index is 2.01. The SMILES string of the molecule is CCCC(C)CC(=O)Nc1cccc(Cn2ccnc2C(C)C)c1. The maximum atomic E-state index is 12.1. The van der Waals surface area contributed by atoms with E-state index in [1.165, 1.54) is 0 Å². The van der Waals surface area contributed by atoms with Crippen LogP contribution < -0.4 is 5.32 Å². The topological polar surface area (TPSA) is 46.9 Å². The van der Waals surface area contributed by atoms with E-state index in [0.717, 1.165) is 36.5 Å². The summed E-state index contributed by atoms with van der Waals surface area (Å²) in [6, 6.07) is 8.07. The average molecular weight is 327 g/mol. The number of imidazole rings is 1. The van der Waals surface area contributed by atoms with Crippen molar-refractivity contribution in [2.24, 2.45) is 5.92 Å². The largest absolute Gasteiger partial charge is 0.330 e. The fourth-order valence-corrected chi connectivity index (χ4v) is 3.02. The van der Waals surface area contributed by atoms with Gasteiger partial charge in [0.1, 0.15) is 5.82 Å². The number of carbonyl (C=O) groups is 1. The van der Waals surface area contributed by atoms with Gasteiger partial charge in [-0.15, -0.1) is 0 Å². The van der Waals surface area contributed by atoms with E-state index >= 15 is 0 Å². The fourth-order valence-electron chi connectivity index (χ4n) is 3.02. The van der Waals surface area contributed by atoms with Gasteiger partial charge in [0.25, 0.3) is 0 Å². The van der Waals surface area contributed by atoms with Crippen molar-refractivity contribution in [3.8, 4) is 0 Å². The number of benzene rings is 1. The Labute approximate surface area is 145 Å². The minimum absolute atomic E-state index is 0.0959. The molecule has 0 aliphatic rings. The van der Waals surface area contributed by atoms with Gasteiger partial charge in [-0.05, 0) is 23.6 Å². The summed E-state index contributed by atoms with van der Waals surface area (Å²) in [5.74, 6) is 2.00. The Morgan fingerprint density at radius 1 is 1.29 bits per heavy atom. The minimum atomic E-state index is 0.0959. The van der Waals surface area contributed by atoms with Gasteiger partial charge in [-0.3, -0.25) is 4.79 Å². The van der Waals surface area contributed by atoms with Crippen molar-refractivity contribution < 1.29 is 4.79 Å². The maximum Gasteiger partial charge on any atom is 0.224 e. The van der Waals surface area contributed by atoms with E-state index in [9.17, 15) is 4.79 Å². The molecule has 2 rings (SSSR count). The van der Waals surface area contributed by atoms with Crippen LogP contribution in [0.5, 0.6) is 0 Å². The molecule has 0 radical (unpaired) electrons. The van der Waals surface area contributed by atoms with Gasteiger partial charge in [0.05, 0.1) is 0 Å². The number of rotatable bonds is 8. The van der Waals surface area contributed by atoms with Crippen LogP contribution in [0, 0.1) is 5.92 Å². The molecule has 1 atom stereocenters. The summed E-state index contributed by atoms with van der Waals surface area (Å²) in [6.45, 7) is 9.34. The minimum Gasteiger partial charge on any atom is -0.330 e. The van der Waals surface area contributed by atoms with Gasteiger partial charge in [-0.2, -0.15) is 0 Å². The van der Waals surface area contributed by atoms with E-state index in [4.69, 9.17) is 0 Å². The van der Waals surface area contributed by atoms with Crippen LogP contribution in [0.25, 0.3) is 0 Å². The fraction of sp³-hybridized carbons (Fsp3) is 0.500. The van der Waals surface area contributed by atoms with Crippen molar-refractivity contribution in [2.75, 3.05) is 5.32 Å².